The number of hydrogen-bond donors (Lipinski definition) is 0. The first-order valence-corrected chi connectivity index (χ1v) is 7.57. The predicted molar refractivity (Wildman–Crippen MR) is 82.2 cm³/mol. The summed E-state index contributed by atoms with van der Waals surface area (Å²) in [5.74, 6) is 0. The zero-order valence-corrected chi connectivity index (χ0v) is 12.7. The lowest BCUT2D eigenvalue weighted by molar-refractivity contribution is -0.201. The van der Waals surface area contributed by atoms with Crippen LogP contribution >= 0.6 is 0 Å². The first kappa shape index (κ1) is 16.4. The lowest BCUT2D eigenvalue weighted by atomic mass is 10.00. The van der Waals surface area contributed by atoms with Gasteiger partial charge in [-0.15, -0.1) is 0 Å². The molecule has 0 radical (unpaired) electrons. The molecule has 0 N–H and O–H groups in total. The summed E-state index contributed by atoms with van der Waals surface area (Å²) >= 11 is 0. The Hall–Kier alpha value is -2.50. The first-order valence-electron chi connectivity index (χ1n) is 7.57. The minimum absolute atomic E-state index is 0.0869. The molecule has 0 aliphatic carbocycles. The van der Waals surface area contributed by atoms with Gasteiger partial charge in [0.15, 0.2) is 0 Å². The first-order chi connectivity index (χ1) is 11.4. The number of cyclic esters (lactones) is 1. The molecule has 6 heteroatoms. The fourth-order valence-corrected chi connectivity index (χ4v) is 2.87. The van der Waals surface area contributed by atoms with Crippen molar-refractivity contribution < 1.29 is 22.7 Å². The Bertz CT molecular complexity index is 688. The topological polar surface area (TPSA) is 29.5 Å². The van der Waals surface area contributed by atoms with Gasteiger partial charge in [0.05, 0.1) is 6.04 Å². The summed E-state index contributed by atoms with van der Waals surface area (Å²) in [6.07, 6.45) is -7.56. The largest absolute Gasteiger partial charge is 0.434 e. The number of benzene rings is 2. The number of nitrogens with zero attached hydrogens (tertiary/aromatic N) is 1. The average Bonchev–Trinajstić information content (AvgIpc) is 2.86. The standard InChI is InChI=1S/C18H16F3NO2/c19-18(20,21)16-15(11-13-7-3-1-4-8-13)22(17(23)24-16)12-14-9-5-2-6-10-14/h1-10,15-16H,11-12H2/t15-,16+/m1/s1. The van der Waals surface area contributed by atoms with Gasteiger partial charge < -0.3 is 4.74 Å². The Morgan fingerprint density at radius 1 is 0.917 bits per heavy atom. The van der Waals surface area contributed by atoms with E-state index in [4.69, 9.17) is 0 Å². The number of halogens is 3. The van der Waals surface area contributed by atoms with Gasteiger partial charge in [0.1, 0.15) is 0 Å². The predicted octanol–water partition coefficient (Wildman–Crippen LogP) is 4.18. The van der Waals surface area contributed by atoms with E-state index in [0.29, 0.717) is 0 Å². The van der Waals surface area contributed by atoms with Crippen LogP contribution in [0.4, 0.5) is 18.0 Å². The van der Waals surface area contributed by atoms with Crippen molar-refractivity contribution in [1.29, 1.82) is 0 Å². The number of carbonyl (C=O) groups excluding carboxylic acids is 1. The molecule has 1 saturated heterocycles. The third kappa shape index (κ3) is 3.53. The van der Waals surface area contributed by atoms with Crippen LogP contribution in [-0.4, -0.2) is 29.3 Å². The highest BCUT2D eigenvalue weighted by Crippen LogP contribution is 2.35. The van der Waals surface area contributed by atoms with Gasteiger partial charge in [-0.2, -0.15) is 13.2 Å². The zero-order chi connectivity index (χ0) is 17.2. The van der Waals surface area contributed by atoms with Crippen molar-refractivity contribution in [2.24, 2.45) is 0 Å². The molecular formula is C18H16F3NO2. The second-order valence-corrected chi connectivity index (χ2v) is 5.72. The van der Waals surface area contributed by atoms with Crippen molar-refractivity contribution >= 4 is 6.09 Å². The molecule has 3 rings (SSSR count). The van der Waals surface area contributed by atoms with E-state index in [0.717, 1.165) is 11.1 Å². The number of rotatable bonds is 4. The van der Waals surface area contributed by atoms with Crippen LogP contribution in [0.5, 0.6) is 0 Å². The highest BCUT2D eigenvalue weighted by molar-refractivity contribution is 5.71. The molecule has 1 aliphatic rings. The van der Waals surface area contributed by atoms with E-state index in [1.54, 1.807) is 54.6 Å². The van der Waals surface area contributed by atoms with Crippen LogP contribution in [0.3, 0.4) is 0 Å². The number of carbonyl (C=O) groups is 1. The summed E-state index contributed by atoms with van der Waals surface area (Å²) < 4.78 is 44.5. The highest BCUT2D eigenvalue weighted by atomic mass is 19.4. The molecule has 1 heterocycles. The molecule has 1 amide bonds. The van der Waals surface area contributed by atoms with Gasteiger partial charge in [0, 0.05) is 6.54 Å². The SMILES string of the molecule is O=C1O[C@H](C(F)(F)F)[C@@H](Cc2ccccc2)N1Cc1ccccc1. The van der Waals surface area contributed by atoms with Crippen molar-refractivity contribution in [2.75, 3.05) is 0 Å². The molecule has 3 nitrogen and oxygen atoms in total. The third-order valence-electron chi connectivity index (χ3n) is 4.02. The minimum atomic E-state index is -4.60. The van der Waals surface area contributed by atoms with Gasteiger partial charge in [-0.05, 0) is 17.5 Å². The van der Waals surface area contributed by atoms with Crippen LogP contribution in [0.1, 0.15) is 11.1 Å². The van der Waals surface area contributed by atoms with E-state index >= 15 is 0 Å². The molecule has 2 aromatic rings. The number of hydrogen-bond acceptors (Lipinski definition) is 2. The van der Waals surface area contributed by atoms with Gasteiger partial charge in [-0.1, -0.05) is 60.7 Å². The highest BCUT2D eigenvalue weighted by Gasteiger charge is 2.55. The minimum Gasteiger partial charge on any atom is -0.434 e. The van der Waals surface area contributed by atoms with Crippen LogP contribution in [0.2, 0.25) is 0 Å². The summed E-state index contributed by atoms with van der Waals surface area (Å²) in [7, 11) is 0. The lowest BCUT2D eigenvalue weighted by Gasteiger charge is -2.26. The van der Waals surface area contributed by atoms with Crippen molar-refractivity contribution in [2.45, 2.75) is 31.3 Å². The Morgan fingerprint density at radius 3 is 2.00 bits per heavy atom. The van der Waals surface area contributed by atoms with E-state index < -0.39 is 24.4 Å². The molecule has 1 fully saturated rings. The third-order valence-corrected chi connectivity index (χ3v) is 4.02. The normalized spacial score (nSPS) is 21.0. The van der Waals surface area contributed by atoms with E-state index in [1.807, 2.05) is 6.07 Å². The summed E-state index contributed by atoms with van der Waals surface area (Å²) in [4.78, 5) is 13.2. The molecule has 126 valence electrons. The molecule has 2 atom stereocenters. The molecule has 0 saturated carbocycles. The Kier molecular flexibility index (Phi) is 4.46. The number of alkyl halides is 3. The molecule has 24 heavy (non-hydrogen) atoms. The molecule has 2 aromatic carbocycles. The van der Waals surface area contributed by atoms with Gasteiger partial charge in [-0.3, -0.25) is 4.90 Å². The maximum atomic E-state index is 13.3. The zero-order valence-electron chi connectivity index (χ0n) is 12.7. The van der Waals surface area contributed by atoms with Crippen molar-refractivity contribution in [1.82, 2.24) is 4.90 Å². The van der Waals surface area contributed by atoms with E-state index in [2.05, 4.69) is 4.74 Å². The van der Waals surface area contributed by atoms with Crippen LogP contribution in [0, 0.1) is 0 Å². The van der Waals surface area contributed by atoms with E-state index in [1.165, 1.54) is 4.90 Å². The van der Waals surface area contributed by atoms with E-state index in [9.17, 15) is 18.0 Å². The number of ether oxygens (including phenoxy) is 1. The van der Waals surface area contributed by atoms with Crippen LogP contribution in [-0.2, 0) is 17.7 Å². The Balaban J connectivity index is 1.88. The van der Waals surface area contributed by atoms with Gasteiger partial charge in [0.25, 0.3) is 0 Å². The van der Waals surface area contributed by atoms with Gasteiger partial charge in [0.2, 0.25) is 6.10 Å². The average molecular weight is 335 g/mol. The molecule has 0 aromatic heterocycles. The fourth-order valence-electron chi connectivity index (χ4n) is 2.87. The molecular weight excluding hydrogens is 319 g/mol. The smallest absolute Gasteiger partial charge is 0.427 e. The molecule has 0 bridgehead atoms. The van der Waals surface area contributed by atoms with E-state index in [-0.39, 0.29) is 13.0 Å². The number of amides is 1. The second-order valence-electron chi connectivity index (χ2n) is 5.72. The fraction of sp³-hybridized carbons (Fsp3) is 0.278. The maximum absolute atomic E-state index is 13.3. The van der Waals surface area contributed by atoms with Crippen LogP contribution in [0.15, 0.2) is 60.7 Å². The molecule has 1 aliphatic heterocycles. The summed E-state index contributed by atoms with van der Waals surface area (Å²) in [5.41, 5.74) is 1.49. The molecule has 0 spiro atoms. The summed E-state index contributed by atoms with van der Waals surface area (Å²) in [6, 6.07) is 16.6. The summed E-state index contributed by atoms with van der Waals surface area (Å²) in [6.45, 7) is 0.0871. The Morgan fingerprint density at radius 2 is 1.46 bits per heavy atom. The Labute approximate surface area is 137 Å². The van der Waals surface area contributed by atoms with Crippen molar-refractivity contribution in [3.8, 4) is 0 Å². The van der Waals surface area contributed by atoms with Crippen molar-refractivity contribution in [3.05, 3.63) is 71.8 Å². The van der Waals surface area contributed by atoms with Gasteiger partial charge in [-0.25, -0.2) is 4.79 Å². The maximum Gasteiger partial charge on any atom is 0.427 e. The lowest BCUT2D eigenvalue weighted by Crippen LogP contribution is -2.44. The second kappa shape index (κ2) is 6.55. The van der Waals surface area contributed by atoms with Crippen LogP contribution in [0.25, 0.3) is 0 Å². The summed E-state index contributed by atoms with van der Waals surface area (Å²) in [5, 5.41) is 0. The molecule has 0 unspecified atom stereocenters. The van der Waals surface area contributed by atoms with Crippen LogP contribution < -0.4 is 0 Å². The monoisotopic (exact) mass is 335 g/mol. The van der Waals surface area contributed by atoms with Crippen molar-refractivity contribution in [3.63, 3.8) is 0 Å². The quantitative estimate of drug-likeness (QED) is 0.839. The van der Waals surface area contributed by atoms with Gasteiger partial charge >= 0.3 is 12.3 Å².